The van der Waals surface area contributed by atoms with Crippen molar-refractivity contribution in [2.45, 2.75) is 13.8 Å². The van der Waals surface area contributed by atoms with Crippen molar-refractivity contribution in [2.24, 2.45) is 0 Å². The molecule has 2 heteroatoms. The lowest BCUT2D eigenvalue weighted by Crippen LogP contribution is -1.95. The van der Waals surface area contributed by atoms with Crippen LogP contribution in [0.4, 0.5) is 11.4 Å². The Kier molecular flexibility index (Phi) is 3.33. The van der Waals surface area contributed by atoms with Gasteiger partial charge in [-0.25, -0.2) is 0 Å². The molecule has 0 aliphatic rings. The van der Waals surface area contributed by atoms with E-state index in [0.29, 0.717) is 0 Å². The van der Waals surface area contributed by atoms with Gasteiger partial charge in [0.2, 0.25) is 0 Å². The van der Waals surface area contributed by atoms with Gasteiger partial charge in [-0.2, -0.15) is 0 Å². The highest BCUT2D eigenvalue weighted by atomic mass is 16.5. The van der Waals surface area contributed by atoms with Crippen molar-refractivity contribution in [1.29, 1.82) is 0 Å². The number of aryl methyl sites for hydroxylation is 2. The number of nitrogens with one attached hydrogen (secondary N) is 1. The zero-order valence-corrected chi connectivity index (χ0v) is 10.4. The molecule has 0 aliphatic heterocycles. The monoisotopic (exact) mass is 227 g/mol. The third kappa shape index (κ3) is 2.78. The Hall–Kier alpha value is -1.96. The largest absolute Gasteiger partial charge is 0.495 e. The Balaban J connectivity index is 2.26. The molecule has 2 nitrogen and oxygen atoms in total. The van der Waals surface area contributed by atoms with Gasteiger partial charge >= 0.3 is 0 Å². The summed E-state index contributed by atoms with van der Waals surface area (Å²) >= 11 is 0. The van der Waals surface area contributed by atoms with E-state index in [1.807, 2.05) is 12.1 Å². The van der Waals surface area contributed by atoms with E-state index >= 15 is 0 Å². The lowest BCUT2D eigenvalue weighted by molar-refractivity contribution is 0.416. The Morgan fingerprint density at radius 1 is 0.882 bits per heavy atom. The second-order valence-electron chi connectivity index (χ2n) is 4.19. The van der Waals surface area contributed by atoms with Crippen molar-refractivity contribution in [3.63, 3.8) is 0 Å². The molecule has 0 heterocycles. The van der Waals surface area contributed by atoms with Crippen molar-refractivity contribution < 1.29 is 4.74 Å². The van der Waals surface area contributed by atoms with Crippen LogP contribution < -0.4 is 10.1 Å². The molecule has 0 unspecified atom stereocenters. The van der Waals surface area contributed by atoms with E-state index in [9.17, 15) is 0 Å². The summed E-state index contributed by atoms with van der Waals surface area (Å²) in [7, 11) is 1.69. The van der Waals surface area contributed by atoms with E-state index in [-0.39, 0.29) is 0 Å². The molecule has 0 fully saturated rings. The van der Waals surface area contributed by atoms with Crippen LogP contribution in [0.25, 0.3) is 0 Å². The number of rotatable bonds is 3. The second-order valence-corrected chi connectivity index (χ2v) is 4.19. The Morgan fingerprint density at radius 2 is 1.53 bits per heavy atom. The smallest absolute Gasteiger partial charge is 0.142 e. The van der Waals surface area contributed by atoms with Gasteiger partial charge in [0.1, 0.15) is 5.75 Å². The quantitative estimate of drug-likeness (QED) is 0.853. The molecule has 88 valence electrons. The van der Waals surface area contributed by atoms with Gasteiger partial charge in [-0.1, -0.05) is 23.8 Å². The molecule has 1 N–H and O–H groups in total. The molecular weight excluding hydrogens is 210 g/mol. The van der Waals surface area contributed by atoms with Crippen LogP contribution in [-0.2, 0) is 0 Å². The molecular formula is C15H17NO. The van der Waals surface area contributed by atoms with Crippen molar-refractivity contribution in [1.82, 2.24) is 0 Å². The summed E-state index contributed by atoms with van der Waals surface area (Å²) in [5, 5.41) is 3.35. The SMILES string of the molecule is COc1cc(C)ccc1Nc1ccc(C)cc1. The molecule has 2 rings (SSSR count). The van der Waals surface area contributed by atoms with Crippen LogP contribution in [-0.4, -0.2) is 7.11 Å². The molecule has 0 saturated carbocycles. The zero-order chi connectivity index (χ0) is 12.3. The lowest BCUT2D eigenvalue weighted by atomic mass is 10.2. The highest BCUT2D eigenvalue weighted by molar-refractivity contribution is 5.66. The van der Waals surface area contributed by atoms with Crippen molar-refractivity contribution in [2.75, 3.05) is 12.4 Å². The molecule has 0 amide bonds. The Bertz CT molecular complexity index is 503. The molecule has 2 aromatic carbocycles. The topological polar surface area (TPSA) is 21.3 Å². The highest BCUT2D eigenvalue weighted by Crippen LogP contribution is 2.28. The number of benzene rings is 2. The fourth-order valence-electron chi connectivity index (χ4n) is 1.69. The van der Waals surface area contributed by atoms with E-state index < -0.39 is 0 Å². The summed E-state index contributed by atoms with van der Waals surface area (Å²) in [6.07, 6.45) is 0. The third-order valence-electron chi connectivity index (χ3n) is 2.69. The maximum Gasteiger partial charge on any atom is 0.142 e. The predicted octanol–water partition coefficient (Wildman–Crippen LogP) is 4.06. The maximum atomic E-state index is 5.36. The van der Waals surface area contributed by atoms with Crippen LogP contribution in [0.3, 0.4) is 0 Å². The van der Waals surface area contributed by atoms with E-state index in [4.69, 9.17) is 4.74 Å². The van der Waals surface area contributed by atoms with Gasteiger partial charge in [0.05, 0.1) is 12.8 Å². The van der Waals surface area contributed by atoms with E-state index in [1.165, 1.54) is 11.1 Å². The molecule has 0 radical (unpaired) electrons. The lowest BCUT2D eigenvalue weighted by Gasteiger charge is -2.12. The fourth-order valence-corrected chi connectivity index (χ4v) is 1.69. The first-order chi connectivity index (χ1) is 8.19. The van der Waals surface area contributed by atoms with Gasteiger partial charge in [-0.3, -0.25) is 0 Å². The number of methoxy groups -OCH3 is 1. The standard InChI is InChI=1S/C15H17NO/c1-11-4-7-13(8-5-11)16-14-9-6-12(2)10-15(14)17-3/h4-10,16H,1-3H3. The van der Waals surface area contributed by atoms with Crippen molar-refractivity contribution in [3.8, 4) is 5.75 Å². The summed E-state index contributed by atoms with van der Waals surface area (Å²) in [6.45, 7) is 4.13. The van der Waals surface area contributed by atoms with Crippen molar-refractivity contribution in [3.05, 3.63) is 53.6 Å². The second kappa shape index (κ2) is 4.91. The van der Waals surface area contributed by atoms with Gasteiger partial charge in [-0.15, -0.1) is 0 Å². The summed E-state index contributed by atoms with van der Waals surface area (Å²) in [4.78, 5) is 0. The van der Waals surface area contributed by atoms with Gasteiger partial charge in [0.25, 0.3) is 0 Å². The molecule has 0 aliphatic carbocycles. The summed E-state index contributed by atoms with van der Waals surface area (Å²) in [5.74, 6) is 0.866. The number of hydrogen-bond acceptors (Lipinski definition) is 2. The highest BCUT2D eigenvalue weighted by Gasteiger charge is 2.02. The molecule has 0 saturated heterocycles. The van der Waals surface area contributed by atoms with Crippen LogP contribution in [0, 0.1) is 13.8 Å². The fraction of sp³-hybridized carbons (Fsp3) is 0.200. The van der Waals surface area contributed by atoms with Crippen LogP contribution in [0.2, 0.25) is 0 Å². The van der Waals surface area contributed by atoms with E-state index in [2.05, 4.69) is 49.5 Å². The number of ether oxygens (including phenoxy) is 1. The minimum absolute atomic E-state index is 0.866. The summed E-state index contributed by atoms with van der Waals surface area (Å²) in [5.41, 5.74) is 4.50. The average Bonchev–Trinajstić information content (AvgIpc) is 2.34. The first-order valence-corrected chi connectivity index (χ1v) is 5.67. The molecule has 17 heavy (non-hydrogen) atoms. The minimum Gasteiger partial charge on any atom is -0.495 e. The molecule has 0 spiro atoms. The predicted molar refractivity (Wildman–Crippen MR) is 72.2 cm³/mol. The first-order valence-electron chi connectivity index (χ1n) is 5.67. The van der Waals surface area contributed by atoms with E-state index in [1.54, 1.807) is 7.11 Å². The van der Waals surface area contributed by atoms with Gasteiger partial charge in [0.15, 0.2) is 0 Å². The Morgan fingerprint density at radius 3 is 2.18 bits per heavy atom. The van der Waals surface area contributed by atoms with Crippen LogP contribution in [0.15, 0.2) is 42.5 Å². The van der Waals surface area contributed by atoms with Gasteiger partial charge in [0, 0.05) is 5.69 Å². The van der Waals surface area contributed by atoms with Crippen molar-refractivity contribution >= 4 is 11.4 Å². The van der Waals surface area contributed by atoms with Gasteiger partial charge < -0.3 is 10.1 Å². The molecule has 0 bridgehead atoms. The average molecular weight is 227 g/mol. The number of anilines is 2. The Labute approximate surface area is 102 Å². The first kappa shape index (κ1) is 11.5. The minimum atomic E-state index is 0.866. The van der Waals surface area contributed by atoms with Crippen LogP contribution >= 0.6 is 0 Å². The van der Waals surface area contributed by atoms with Crippen LogP contribution in [0.5, 0.6) is 5.75 Å². The summed E-state index contributed by atoms with van der Waals surface area (Å²) < 4.78 is 5.36. The van der Waals surface area contributed by atoms with Gasteiger partial charge in [-0.05, 0) is 43.7 Å². The van der Waals surface area contributed by atoms with E-state index in [0.717, 1.165) is 17.1 Å². The molecule has 0 atom stereocenters. The molecule has 2 aromatic rings. The summed E-state index contributed by atoms with van der Waals surface area (Å²) in [6, 6.07) is 14.4. The van der Waals surface area contributed by atoms with Crippen LogP contribution in [0.1, 0.15) is 11.1 Å². The number of hydrogen-bond donors (Lipinski definition) is 1. The maximum absolute atomic E-state index is 5.36. The molecule has 0 aromatic heterocycles. The normalized spacial score (nSPS) is 10.1. The zero-order valence-electron chi connectivity index (χ0n) is 10.4. The third-order valence-corrected chi connectivity index (χ3v) is 2.69.